The number of aromatic nitrogens is 2. The van der Waals surface area contributed by atoms with Gasteiger partial charge in [0.2, 0.25) is 0 Å². The lowest BCUT2D eigenvalue weighted by molar-refractivity contribution is 0.765. The molecule has 5 aromatic carbocycles. The van der Waals surface area contributed by atoms with Gasteiger partial charge in [-0.2, -0.15) is 0 Å². The van der Waals surface area contributed by atoms with Crippen molar-refractivity contribution in [2.45, 2.75) is 33.2 Å². The summed E-state index contributed by atoms with van der Waals surface area (Å²) in [5, 5.41) is 25.9. The van der Waals surface area contributed by atoms with Crippen molar-refractivity contribution in [1.29, 1.82) is 0 Å². The van der Waals surface area contributed by atoms with Crippen molar-refractivity contribution >= 4 is 72.1 Å². The molecule has 9 nitrogen and oxygen atoms in total. The standard InChI is InChI=1S/C33H33N9S/c1-4-21(2)34-29-17-18-31(26-10-6-5-9-25(26)29)39-40-32-20-19-30(27-11-7-8-12-28(27)32)38-36-23-13-15-24(16-14-23)37-42-33-41-35-22(3)43-33/h5-21,34,36,38-40H,4H2,1-3H3/b42-37+. The van der Waals surface area contributed by atoms with Crippen molar-refractivity contribution in [3.8, 4) is 0 Å². The van der Waals surface area contributed by atoms with Gasteiger partial charge in [-0.05, 0) is 68.8 Å². The molecular weight excluding hydrogens is 554 g/mol. The van der Waals surface area contributed by atoms with Crippen LogP contribution in [0.3, 0.4) is 0 Å². The third-order valence-corrected chi connectivity index (χ3v) is 7.89. The van der Waals surface area contributed by atoms with E-state index in [0.717, 1.165) is 61.7 Å². The molecule has 0 bridgehead atoms. The molecule has 5 N–H and O–H groups in total. The summed E-state index contributed by atoms with van der Waals surface area (Å²) in [5.41, 5.74) is 19.3. The van der Waals surface area contributed by atoms with Crippen molar-refractivity contribution < 1.29 is 0 Å². The zero-order chi connectivity index (χ0) is 29.6. The molecule has 43 heavy (non-hydrogen) atoms. The van der Waals surface area contributed by atoms with Gasteiger partial charge in [-0.15, -0.1) is 20.4 Å². The molecule has 0 aliphatic heterocycles. The number of hydrogen-bond donors (Lipinski definition) is 5. The number of rotatable bonds is 11. The Kier molecular flexibility index (Phi) is 8.28. The average molecular weight is 588 g/mol. The summed E-state index contributed by atoms with van der Waals surface area (Å²) < 4.78 is 0. The van der Waals surface area contributed by atoms with E-state index in [9.17, 15) is 0 Å². The maximum absolute atomic E-state index is 4.24. The van der Waals surface area contributed by atoms with Crippen LogP contribution in [0.1, 0.15) is 25.3 Å². The molecule has 1 heterocycles. The molecule has 1 unspecified atom stereocenters. The third kappa shape index (κ3) is 6.49. The Hall–Kier alpha value is -5.22. The van der Waals surface area contributed by atoms with Gasteiger partial charge in [-0.25, -0.2) is 0 Å². The van der Waals surface area contributed by atoms with Crippen LogP contribution >= 0.6 is 11.3 Å². The highest BCUT2D eigenvalue weighted by Crippen LogP contribution is 2.33. The summed E-state index contributed by atoms with van der Waals surface area (Å²) in [6, 6.07) is 33.2. The molecule has 10 heteroatoms. The van der Waals surface area contributed by atoms with Crippen LogP contribution in [0.15, 0.2) is 107 Å². The van der Waals surface area contributed by atoms with E-state index < -0.39 is 0 Å². The lowest BCUT2D eigenvalue weighted by Crippen LogP contribution is -2.14. The molecule has 1 atom stereocenters. The number of fused-ring (bicyclic) bond motifs is 2. The van der Waals surface area contributed by atoms with Crippen molar-refractivity contribution in [2.24, 2.45) is 10.2 Å². The number of nitrogens with one attached hydrogen (secondary N) is 5. The lowest BCUT2D eigenvalue weighted by Gasteiger charge is -2.19. The fourth-order valence-electron chi connectivity index (χ4n) is 4.73. The first kappa shape index (κ1) is 27.9. The lowest BCUT2D eigenvalue weighted by atomic mass is 10.1. The van der Waals surface area contributed by atoms with E-state index in [-0.39, 0.29) is 0 Å². The second-order valence-electron chi connectivity index (χ2n) is 10.2. The zero-order valence-corrected chi connectivity index (χ0v) is 25.0. The summed E-state index contributed by atoms with van der Waals surface area (Å²) in [7, 11) is 0. The Morgan fingerprint density at radius 2 is 1.14 bits per heavy atom. The molecule has 1 aromatic heterocycles. The molecule has 6 rings (SSSR count). The highest BCUT2D eigenvalue weighted by atomic mass is 32.1. The second-order valence-corrected chi connectivity index (χ2v) is 11.4. The first-order valence-corrected chi connectivity index (χ1v) is 15.0. The van der Waals surface area contributed by atoms with Gasteiger partial charge in [-0.3, -0.25) is 0 Å². The molecule has 6 aromatic rings. The minimum Gasteiger partial charge on any atom is -0.382 e. The van der Waals surface area contributed by atoms with E-state index in [4.69, 9.17) is 0 Å². The molecule has 0 aliphatic rings. The summed E-state index contributed by atoms with van der Waals surface area (Å²) in [6.45, 7) is 6.29. The maximum Gasteiger partial charge on any atom is 0.251 e. The van der Waals surface area contributed by atoms with E-state index >= 15 is 0 Å². The van der Waals surface area contributed by atoms with Crippen LogP contribution in [0.4, 0.5) is 39.3 Å². The SMILES string of the molecule is CCC(C)Nc1ccc(NNc2ccc(NNc3ccc(/N=N/c4nnc(C)s4)cc3)c3ccccc23)c2ccccc12. The normalized spacial score (nSPS) is 12.0. The van der Waals surface area contributed by atoms with Crippen molar-refractivity contribution in [3.05, 3.63) is 102 Å². The van der Waals surface area contributed by atoms with Gasteiger partial charge in [0.05, 0.1) is 28.4 Å². The quantitative estimate of drug-likeness (QED) is 0.0758. The van der Waals surface area contributed by atoms with Crippen molar-refractivity contribution in [2.75, 3.05) is 27.0 Å². The number of benzene rings is 5. The van der Waals surface area contributed by atoms with E-state index in [1.807, 2.05) is 43.3 Å². The Labute approximate surface area is 254 Å². The topological polar surface area (TPSA) is 111 Å². The second kappa shape index (κ2) is 12.7. The predicted molar refractivity (Wildman–Crippen MR) is 181 cm³/mol. The molecule has 0 fully saturated rings. The zero-order valence-electron chi connectivity index (χ0n) is 24.2. The molecule has 0 radical (unpaired) electrons. The van der Waals surface area contributed by atoms with E-state index in [0.29, 0.717) is 11.2 Å². The highest BCUT2D eigenvalue weighted by molar-refractivity contribution is 7.14. The third-order valence-electron chi connectivity index (χ3n) is 7.17. The summed E-state index contributed by atoms with van der Waals surface area (Å²) >= 11 is 1.41. The number of aryl methyl sites for hydroxylation is 1. The Morgan fingerprint density at radius 1 is 0.628 bits per heavy atom. The van der Waals surface area contributed by atoms with E-state index in [1.54, 1.807) is 0 Å². The monoisotopic (exact) mass is 587 g/mol. The van der Waals surface area contributed by atoms with Gasteiger partial charge in [0.15, 0.2) is 0 Å². The molecule has 216 valence electrons. The van der Waals surface area contributed by atoms with Crippen LogP contribution in [-0.2, 0) is 0 Å². The van der Waals surface area contributed by atoms with E-state index in [1.165, 1.54) is 16.7 Å². The van der Waals surface area contributed by atoms with Crippen LogP contribution in [-0.4, -0.2) is 16.2 Å². The molecule has 0 amide bonds. The van der Waals surface area contributed by atoms with E-state index in [2.05, 4.69) is 122 Å². The van der Waals surface area contributed by atoms with Crippen LogP contribution in [0.2, 0.25) is 0 Å². The predicted octanol–water partition coefficient (Wildman–Crippen LogP) is 9.66. The van der Waals surface area contributed by atoms with Crippen molar-refractivity contribution in [1.82, 2.24) is 10.2 Å². The minimum absolute atomic E-state index is 0.404. The first-order valence-electron chi connectivity index (χ1n) is 14.2. The average Bonchev–Trinajstić information content (AvgIpc) is 3.47. The molecular formula is C33H33N9S. The minimum atomic E-state index is 0.404. The number of nitrogens with zero attached hydrogens (tertiary/aromatic N) is 4. The summed E-state index contributed by atoms with van der Waals surface area (Å²) in [5.74, 6) is 0. The molecule has 0 saturated carbocycles. The van der Waals surface area contributed by atoms with Crippen LogP contribution in [0.5, 0.6) is 0 Å². The fraction of sp³-hybridized carbons (Fsp3) is 0.152. The smallest absolute Gasteiger partial charge is 0.251 e. The number of anilines is 5. The number of azo groups is 1. The van der Waals surface area contributed by atoms with Gasteiger partial charge in [-0.1, -0.05) is 66.8 Å². The van der Waals surface area contributed by atoms with Crippen LogP contribution in [0.25, 0.3) is 21.5 Å². The van der Waals surface area contributed by atoms with Gasteiger partial charge in [0, 0.05) is 33.3 Å². The van der Waals surface area contributed by atoms with Crippen molar-refractivity contribution in [3.63, 3.8) is 0 Å². The number of hydrogen-bond acceptors (Lipinski definition) is 10. The van der Waals surface area contributed by atoms with Gasteiger partial charge >= 0.3 is 0 Å². The van der Waals surface area contributed by atoms with Gasteiger partial charge in [0.25, 0.3) is 5.13 Å². The fourth-order valence-corrected chi connectivity index (χ4v) is 5.24. The maximum atomic E-state index is 4.24. The summed E-state index contributed by atoms with van der Waals surface area (Å²) in [4.78, 5) is 0. The van der Waals surface area contributed by atoms with Crippen LogP contribution < -0.4 is 27.0 Å². The largest absolute Gasteiger partial charge is 0.382 e. The van der Waals surface area contributed by atoms with Crippen LogP contribution in [0, 0.1) is 6.92 Å². The Bertz CT molecular complexity index is 1880. The number of hydrazine groups is 2. The first-order chi connectivity index (χ1) is 21.1. The van der Waals surface area contributed by atoms with Gasteiger partial charge in [0.1, 0.15) is 5.01 Å². The molecule has 0 aliphatic carbocycles. The molecule has 0 spiro atoms. The van der Waals surface area contributed by atoms with Gasteiger partial charge < -0.3 is 27.0 Å². The summed E-state index contributed by atoms with van der Waals surface area (Å²) in [6.07, 6.45) is 1.06. The highest BCUT2D eigenvalue weighted by Gasteiger charge is 2.10. The molecule has 0 saturated heterocycles. The Balaban J connectivity index is 1.15. The Morgan fingerprint density at radius 3 is 1.65 bits per heavy atom.